The van der Waals surface area contributed by atoms with Crippen molar-refractivity contribution in [2.24, 2.45) is 33.7 Å². The number of carbonyl (C=O) groups is 1. The van der Waals surface area contributed by atoms with Crippen LogP contribution in [0.5, 0.6) is 0 Å². The quantitative estimate of drug-likeness (QED) is 0.454. The van der Waals surface area contributed by atoms with E-state index < -0.39 is 0 Å². The van der Waals surface area contributed by atoms with E-state index in [1.54, 1.807) is 0 Å². The minimum Gasteiger partial charge on any atom is -0.393 e. The molecule has 0 aliphatic heterocycles. The molecule has 6 atom stereocenters. The van der Waals surface area contributed by atoms with Crippen LogP contribution in [0, 0.1) is 28.6 Å². The third-order valence-electron chi connectivity index (χ3n) is 10.6. The zero-order valence-electron chi connectivity index (χ0n) is 22.3. The van der Waals surface area contributed by atoms with Gasteiger partial charge in [-0.1, -0.05) is 42.8 Å². The Hall–Kier alpha value is -2.60. The van der Waals surface area contributed by atoms with Crippen molar-refractivity contribution in [3.63, 3.8) is 0 Å². The van der Waals surface area contributed by atoms with Crippen LogP contribution in [0.25, 0.3) is 10.9 Å². The number of rotatable bonds is 6. The van der Waals surface area contributed by atoms with Crippen LogP contribution in [0.2, 0.25) is 0 Å². The van der Waals surface area contributed by atoms with E-state index >= 15 is 0 Å². The predicted molar refractivity (Wildman–Crippen MR) is 146 cm³/mol. The minimum atomic E-state index is -0.140. The minimum absolute atomic E-state index is 0.0517. The molecule has 198 valence electrons. The molecule has 37 heavy (non-hydrogen) atoms. The van der Waals surface area contributed by atoms with Gasteiger partial charge in [0.05, 0.1) is 11.8 Å². The number of hydrogen-bond donors (Lipinski definition) is 3. The summed E-state index contributed by atoms with van der Waals surface area (Å²) in [6, 6.07) is 10.3. The first-order valence-corrected chi connectivity index (χ1v) is 14.3. The molecule has 3 fully saturated rings. The van der Waals surface area contributed by atoms with Crippen molar-refractivity contribution < 1.29 is 14.7 Å². The van der Waals surface area contributed by atoms with Crippen LogP contribution in [0.4, 0.5) is 0 Å². The summed E-state index contributed by atoms with van der Waals surface area (Å²) < 4.78 is 0. The Kier molecular flexibility index (Phi) is 6.42. The number of aliphatic hydroxyl groups is 1. The lowest BCUT2D eigenvalue weighted by molar-refractivity contribution is -0.125. The maximum atomic E-state index is 12.3. The molecule has 4 aliphatic carbocycles. The lowest BCUT2D eigenvalue weighted by Gasteiger charge is -2.57. The van der Waals surface area contributed by atoms with Crippen LogP contribution in [0.3, 0.4) is 0 Å². The fourth-order valence-corrected chi connectivity index (χ4v) is 8.45. The second kappa shape index (κ2) is 9.61. The molecule has 0 bridgehead atoms. The molecular weight excluding hydrogens is 462 g/mol. The molecule has 4 aliphatic rings. The molecule has 3 N–H and O–H groups in total. The summed E-state index contributed by atoms with van der Waals surface area (Å²) in [5, 5.41) is 19.2. The SMILES string of the molecule is CC12CCC(=NOCC(=O)NCCc3cc4ccccc4[nH]3)C=C1CCC1C2CCC2(C)C(O)CCC12. The van der Waals surface area contributed by atoms with E-state index in [1.165, 1.54) is 30.2 Å². The molecule has 0 radical (unpaired) electrons. The fourth-order valence-electron chi connectivity index (χ4n) is 8.45. The standard InChI is InChI=1S/C31H41N3O3/c1-30-14-11-23(18-21(30)7-8-24-25-9-10-28(35)31(25,2)15-12-26(24)30)34-37-19-29(36)32-16-13-22-17-20-5-3-4-6-27(20)33-22/h3-6,17-18,24-26,28,33,35H,7-16,19H2,1-2H3,(H,32,36). The van der Waals surface area contributed by atoms with Crippen molar-refractivity contribution >= 4 is 22.5 Å². The normalized spacial score (nSPS) is 36.0. The zero-order valence-corrected chi connectivity index (χ0v) is 22.3. The molecule has 1 aromatic carbocycles. The Labute approximate surface area is 219 Å². The van der Waals surface area contributed by atoms with E-state index in [0.29, 0.717) is 18.4 Å². The molecule has 3 saturated carbocycles. The molecule has 6 heteroatoms. The van der Waals surface area contributed by atoms with Gasteiger partial charge in [-0.15, -0.1) is 0 Å². The number of nitrogens with one attached hydrogen (secondary N) is 2. The molecule has 6 unspecified atom stereocenters. The van der Waals surface area contributed by atoms with E-state index in [9.17, 15) is 9.90 Å². The highest BCUT2D eigenvalue weighted by Gasteiger charge is 2.58. The van der Waals surface area contributed by atoms with Gasteiger partial charge in [0, 0.05) is 24.2 Å². The van der Waals surface area contributed by atoms with Gasteiger partial charge in [0.2, 0.25) is 0 Å². The van der Waals surface area contributed by atoms with Gasteiger partial charge < -0.3 is 20.2 Å². The van der Waals surface area contributed by atoms with E-state index in [1.807, 2.05) is 12.1 Å². The van der Waals surface area contributed by atoms with Crippen LogP contribution in [0.1, 0.15) is 70.9 Å². The summed E-state index contributed by atoms with van der Waals surface area (Å²) in [5.41, 5.74) is 5.08. The van der Waals surface area contributed by atoms with Crippen molar-refractivity contribution in [3.8, 4) is 0 Å². The number of fused-ring (bicyclic) bond motifs is 6. The van der Waals surface area contributed by atoms with Crippen LogP contribution in [-0.4, -0.2) is 41.0 Å². The maximum Gasteiger partial charge on any atom is 0.260 e. The summed E-state index contributed by atoms with van der Waals surface area (Å²) in [4.78, 5) is 21.1. The molecule has 6 nitrogen and oxygen atoms in total. The molecule has 1 heterocycles. The van der Waals surface area contributed by atoms with Crippen molar-refractivity contribution in [1.82, 2.24) is 10.3 Å². The summed E-state index contributed by atoms with van der Waals surface area (Å²) >= 11 is 0. The highest BCUT2D eigenvalue weighted by molar-refractivity contribution is 5.96. The number of H-pyrrole nitrogens is 1. The number of allylic oxidation sites excluding steroid dienone is 2. The highest BCUT2D eigenvalue weighted by Crippen LogP contribution is 2.65. The second-order valence-corrected chi connectivity index (χ2v) is 12.5. The van der Waals surface area contributed by atoms with Crippen molar-refractivity contribution in [3.05, 3.63) is 47.7 Å². The average molecular weight is 504 g/mol. The number of carbonyl (C=O) groups excluding carboxylic acids is 1. The van der Waals surface area contributed by atoms with Gasteiger partial charge >= 0.3 is 0 Å². The number of oxime groups is 1. The number of aromatic amines is 1. The van der Waals surface area contributed by atoms with E-state index in [0.717, 1.165) is 61.4 Å². The first kappa shape index (κ1) is 24.7. The van der Waals surface area contributed by atoms with Gasteiger partial charge in [0.1, 0.15) is 0 Å². The van der Waals surface area contributed by atoms with E-state index in [4.69, 9.17) is 4.84 Å². The Balaban J connectivity index is 1.01. The number of aliphatic hydroxyl groups excluding tert-OH is 1. The fraction of sp³-hybridized carbons (Fsp3) is 0.613. The van der Waals surface area contributed by atoms with Gasteiger partial charge in [0.25, 0.3) is 5.91 Å². The zero-order chi connectivity index (χ0) is 25.6. The second-order valence-electron chi connectivity index (χ2n) is 12.5. The Bertz CT molecular complexity index is 1200. The molecule has 2 aromatic rings. The van der Waals surface area contributed by atoms with Crippen molar-refractivity contribution in [2.75, 3.05) is 13.2 Å². The van der Waals surface area contributed by atoms with Gasteiger partial charge in [-0.2, -0.15) is 0 Å². The average Bonchev–Trinajstić information content (AvgIpc) is 3.44. The molecule has 1 amide bonds. The van der Waals surface area contributed by atoms with Gasteiger partial charge in [-0.25, -0.2) is 0 Å². The molecule has 0 spiro atoms. The molecule has 1 aromatic heterocycles. The third-order valence-corrected chi connectivity index (χ3v) is 10.6. The molecule has 6 rings (SSSR count). The number of aromatic nitrogens is 1. The number of para-hydroxylation sites is 1. The molecular formula is C31H41N3O3. The van der Waals surface area contributed by atoms with Crippen LogP contribution >= 0.6 is 0 Å². The van der Waals surface area contributed by atoms with Gasteiger partial charge in [0.15, 0.2) is 6.61 Å². The summed E-state index contributed by atoms with van der Waals surface area (Å²) in [6.07, 6.45) is 11.8. The molecule has 0 saturated heterocycles. The van der Waals surface area contributed by atoms with Gasteiger partial charge in [-0.05, 0) is 104 Å². The topological polar surface area (TPSA) is 86.7 Å². The van der Waals surface area contributed by atoms with Crippen LogP contribution in [0.15, 0.2) is 47.1 Å². The summed E-state index contributed by atoms with van der Waals surface area (Å²) in [5.74, 6) is 1.98. The van der Waals surface area contributed by atoms with Crippen LogP contribution < -0.4 is 5.32 Å². The lowest BCUT2D eigenvalue weighted by Crippen LogP contribution is -2.51. The Morgan fingerprint density at radius 2 is 2.00 bits per heavy atom. The summed E-state index contributed by atoms with van der Waals surface area (Å²) in [6.45, 7) is 5.33. The Morgan fingerprint density at radius 3 is 2.86 bits per heavy atom. The Morgan fingerprint density at radius 1 is 1.14 bits per heavy atom. The van der Waals surface area contributed by atoms with Crippen LogP contribution in [-0.2, 0) is 16.1 Å². The maximum absolute atomic E-state index is 12.3. The monoisotopic (exact) mass is 503 g/mol. The van der Waals surface area contributed by atoms with Gasteiger partial charge in [-0.3, -0.25) is 4.79 Å². The number of benzene rings is 1. The smallest absolute Gasteiger partial charge is 0.260 e. The first-order chi connectivity index (χ1) is 17.9. The van der Waals surface area contributed by atoms with Crippen molar-refractivity contribution in [2.45, 2.75) is 77.7 Å². The van der Waals surface area contributed by atoms with E-state index in [2.05, 4.69) is 53.6 Å². The first-order valence-electron chi connectivity index (χ1n) is 14.3. The predicted octanol–water partition coefficient (Wildman–Crippen LogP) is 5.52. The lowest BCUT2D eigenvalue weighted by atomic mass is 9.47. The summed E-state index contributed by atoms with van der Waals surface area (Å²) in [7, 11) is 0. The van der Waals surface area contributed by atoms with E-state index in [-0.39, 0.29) is 29.4 Å². The third kappa shape index (κ3) is 4.41. The van der Waals surface area contributed by atoms with Crippen molar-refractivity contribution in [1.29, 1.82) is 0 Å². The number of nitrogens with zero attached hydrogens (tertiary/aromatic N) is 1. The largest absolute Gasteiger partial charge is 0.393 e. The number of hydrogen-bond acceptors (Lipinski definition) is 4. The highest BCUT2D eigenvalue weighted by atomic mass is 16.6. The number of amides is 1.